The first-order valence-electron chi connectivity index (χ1n) is 7.83. The maximum absolute atomic E-state index is 11.0. The summed E-state index contributed by atoms with van der Waals surface area (Å²) >= 11 is 0. The van der Waals surface area contributed by atoms with E-state index in [4.69, 9.17) is 4.74 Å². The van der Waals surface area contributed by atoms with Gasteiger partial charge in [-0.25, -0.2) is 0 Å². The number of ether oxygens (including phenoxy) is 1. The maximum atomic E-state index is 11.0. The second-order valence-electron chi connectivity index (χ2n) is 5.98. The third-order valence-corrected chi connectivity index (χ3v) is 4.44. The number of amides is 1. The Morgan fingerprint density at radius 2 is 1.89 bits per heavy atom. The lowest BCUT2D eigenvalue weighted by atomic mass is 9.90. The second-order valence-corrected chi connectivity index (χ2v) is 5.98. The molecule has 19 heavy (non-hydrogen) atoms. The Bertz CT molecular complexity index is 282. The lowest BCUT2D eigenvalue weighted by Crippen LogP contribution is -2.48. The average Bonchev–Trinajstić information content (AvgIpc) is 2.91. The summed E-state index contributed by atoms with van der Waals surface area (Å²) in [6.45, 7) is 4.77. The standard InChI is InChI=1S/C15H28N2O2/c1-3-14(15-5-4-10-19-15)17-13-8-6-12(7-9-13)16-11(2)18/h12-15,17H,3-10H2,1-2H3,(H,16,18)/t12?,13?,14-,15+/m1/s1. The van der Waals surface area contributed by atoms with Crippen molar-refractivity contribution in [2.75, 3.05) is 6.61 Å². The van der Waals surface area contributed by atoms with Crippen LogP contribution in [0.4, 0.5) is 0 Å². The van der Waals surface area contributed by atoms with Gasteiger partial charge in [0, 0.05) is 31.7 Å². The van der Waals surface area contributed by atoms with E-state index in [1.807, 2.05) is 0 Å². The third-order valence-electron chi connectivity index (χ3n) is 4.44. The Hall–Kier alpha value is -0.610. The summed E-state index contributed by atoms with van der Waals surface area (Å²) in [7, 11) is 0. The highest BCUT2D eigenvalue weighted by molar-refractivity contribution is 5.73. The minimum atomic E-state index is 0.0993. The molecule has 2 N–H and O–H groups in total. The van der Waals surface area contributed by atoms with E-state index < -0.39 is 0 Å². The fourth-order valence-corrected chi connectivity index (χ4v) is 3.40. The molecule has 1 amide bonds. The Balaban J connectivity index is 1.73. The van der Waals surface area contributed by atoms with E-state index in [9.17, 15) is 4.79 Å². The van der Waals surface area contributed by atoms with Gasteiger partial charge in [0.05, 0.1) is 6.10 Å². The smallest absolute Gasteiger partial charge is 0.217 e. The fourth-order valence-electron chi connectivity index (χ4n) is 3.40. The van der Waals surface area contributed by atoms with Crippen molar-refractivity contribution >= 4 is 5.91 Å². The lowest BCUT2D eigenvalue weighted by molar-refractivity contribution is -0.119. The lowest BCUT2D eigenvalue weighted by Gasteiger charge is -2.34. The van der Waals surface area contributed by atoms with E-state index in [2.05, 4.69) is 17.6 Å². The third kappa shape index (κ3) is 4.46. The molecule has 1 heterocycles. The van der Waals surface area contributed by atoms with Gasteiger partial charge in [-0.3, -0.25) is 4.79 Å². The zero-order valence-corrected chi connectivity index (χ0v) is 12.3. The van der Waals surface area contributed by atoms with E-state index in [-0.39, 0.29) is 5.91 Å². The van der Waals surface area contributed by atoms with Crippen molar-refractivity contribution in [3.63, 3.8) is 0 Å². The van der Waals surface area contributed by atoms with Gasteiger partial charge < -0.3 is 15.4 Å². The molecular formula is C15H28N2O2. The number of hydrogen-bond donors (Lipinski definition) is 2. The van der Waals surface area contributed by atoms with Gasteiger partial charge in [0.2, 0.25) is 5.91 Å². The number of nitrogens with one attached hydrogen (secondary N) is 2. The van der Waals surface area contributed by atoms with Crippen molar-refractivity contribution in [2.45, 2.75) is 83.0 Å². The molecule has 4 heteroatoms. The van der Waals surface area contributed by atoms with Gasteiger partial charge in [-0.1, -0.05) is 6.92 Å². The molecule has 0 spiro atoms. The van der Waals surface area contributed by atoms with Gasteiger partial charge in [0.1, 0.15) is 0 Å². The summed E-state index contributed by atoms with van der Waals surface area (Å²) in [5.41, 5.74) is 0. The molecule has 0 aromatic heterocycles. The van der Waals surface area contributed by atoms with Gasteiger partial charge in [-0.15, -0.1) is 0 Å². The van der Waals surface area contributed by atoms with Gasteiger partial charge in [-0.2, -0.15) is 0 Å². The van der Waals surface area contributed by atoms with Crippen LogP contribution in [0.5, 0.6) is 0 Å². The molecule has 0 bridgehead atoms. The van der Waals surface area contributed by atoms with Crippen molar-refractivity contribution in [3.05, 3.63) is 0 Å². The summed E-state index contributed by atoms with van der Waals surface area (Å²) < 4.78 is 5.80. The molecule has 0 radical (unpaired) electrons. The molecule has 0 aromatic carbocycles. The molecule has 0 aromatic rings. The Kier molecular flexibility index (Phi) is 5.64. The first-order valence-corrected chi connectivity index (χ1v) is 7.83. The summed E-state index contributed by atoms with van der Waals surface area (Å²) in [6.07, 6.45) is 8.47. The van der Waals surface area contributed by atoms with Crippen LogP contribution in [-0.2, 0) is 9.53 Å². The topological polar surface area (TPSA) is 50.4 Å². The molecular weight excluding hydrogens is 240 g/mol. The van der Waals surface area contributed by atoms with E-state index in [0.717, 1.165) is 38.7 Å². The van der Waals surface area contributed by atoms with E-state index in [1.165, 1.54) is 12.8 Å². The largest absolute Gasteiger partial charge is 0.377 e. The molecule has 2 atom stereocenters. The maximum Gasteiger partial charge on any atom is 0.217 e. The predicted octanol–water partition coefficient (Wildman–Crippen LogP) is 1.98. The molecule has 110 valence electrons. The molecule has 2 aliphatic rings. The van der Waals surface area contributed by atoms with Crippen LogP contribution in [0, 0.1) is 0 Å². The van der Waals surface area contributed by atoms with Crippen molar-refractivity contribution in [1.82, 2.24) is 10.6 Å². The first kappa shape index (κ1) is 14.8. The fraction of sp³-hybridized carbons (Fsp3) is 0.933. The van der Waals surface area contributed by atoms with Crippen LogP contribution in [-0.4, -0.2) is 36.7 Å². The Morgan fingerprint density at radius 1 is 1.21 bits per heavy atom. The molecule has 1 aliphatic heterocycles. The van der Waals surface area contributed by atoms with Crippen LogP contribution >= 0.6 is 0 Å². The first-order chi connectivity index (χ1) is 9.19. The number of rotatable bonds is 5. The highest BCUT2D eigenvalue weighted by atomic mass is 16.5. The number of carbonyl (C=O) groups excluding carboxylic acids is 1. The molecule has 2 fully saturated rings. The Morgan fingerprint density at radius 3 is 2.42 bits per heavy atom. The van der Waals surface area contributed by atoms with Crippen molar-refractivity contribution in [3.8, 4) is 0 Å². The van der Waals surface area contributed by atoms with Crippen molar-refractivity contribution < 1.29 is 9.53 Å². The van der Waals surface area contributed by atoms with E-state index >= 15 is 0 Å². The highest BCUT2D eigenvalue weighted by Gasteiger charge is 2.28. The summed E-state index contributed by atoms with van der Waals surface area (Å²) in [5.74, 6) is 0.0993. The minimum Gasteiger partial charge on any atom is -0.377 e. The molecule has 1 saturated heterocycles. The number of carbonyl (C=O) groups is 1. The SMILES string of the molecule is CC[C@@H](NC1CCC(NC(C)=O)CC1)[C@@H]1CCCO1. The minimum absolute atomic E-state index is 0.0993. The van der Waals surface area contributed by atoms with E-state index in [1.54, 1.807) is 6.92 Å². The zero-order chi connectivity index (χ0) is 13.7. The quantitative estimate of drug-likeness (QED) is 0.801. The number of hydrogen-bond acceptors (Lipinski definition) is 3. The highest BCUT2D eigenvalue weighted by Crippen LogP contribution is 2.23. The van der Waals surface area contributed by atoms with Crippen LogP contribution < -0.4 is 10.6 Å². The Labute approximate surface area is 116 Å². The van der Waals surface area contributed by atoms with Crippen LogP contribution in [0.2, 0.25) is 0 Å². The van der Waals surface area contributed by atoms with Gasteiger partial charge >= 0.3 is 0 Å². The van der Waals surface area contributed by atoms with E-state index in [0.29, 0.717) is 24.2 Å². The van der Waals surface area contributed by atoms with Gasteiger partial charge in [0.15, 0.2) is 0 Å². The molecule has 2 rings (SSSR count). The molecule has 1 saturated carbocycles. The van der Waals surface area contributed by atoms with Crippen LogP contribution in [0.1, 0.15) is 58.8 Å². The zero-order valence-electron chi connectivity index (χ0n) is 12.3. The average molecular weight is 268 g/mol. The summed E-state index contributed by atoms with van der Waals surface area (Å²) in [5, 5.41) is 6.82. The van der Waals surface area contributed by atoms with Gasteiger partial charge in [0.25, 0.3) is 0 Å². The van der Waals surface area contributed by atoms with Crippen molar-refractivity contribution in [2.24, 2.45) is 0 Å². The van der Waals surface area contributed by atoms with Crippen LogP contribution in [0.25, 0.3) is 0 Å². The van der Waals surface area contributed by atoms with Gasteiger partial charge in [-0.05, 0) is 44.9 Å². The van der Waals surface area contributed by atoms with Crippen molar-refractivity contribution in [1.29, 1.82) is 0 Å². The predicted molar refractivity (Wildman–Crippen MR) is 76.0 cm³/mol. The second kappa shape index (κ2) is 7.25. The summed E-state index contributed by atoms with van der Waals surface area (Å²) in [6, 6.07) is 1.49. The normalized spacial score (nSPS) is 33.1. The van der Waals surface area contributed by atoms with Crippen LogP contribution in [0.15, 0.2) is 0 Å². The molecule has 4 nitrogen and oxygen atoms in total. The molecule has 0 unspecified atom stereocenters. The molecule has 1 aliphatic carbocycles. The summed E-state index contributed by atoms with van der Waals surface area (Å²) in [4.78, 5) is 11.0. The monoisotopic (exact) mass is 268 g/mol. The van der Waals surface area contributed by atoms with Crippen LogP contribution in [0.3, 0.4) is 0 Å².